The molecule has 326 valence electrons. The Morgan fingerprint density at radius 2 is 1.03 bits per heavy atom. The summed E-state index contributed by atoms with van der Waals surface area (Å²) in [7, 11) is 0. The molecule has 0 bridgehead atoms. The van der Waals surface area contributed by atoms with Gasteiger partial charge in [0.1, 0.15) is 0 Å². The van der Waals surface area contributed by atoms with Crippen LogP contribution in [-0.2, 0) is 16.2 Å². The molecule has 0 aromatic heterocycles. The van der Waals surface area contributed by atoms with Crippen LogP contribution in [0, 0.1) is 0 Å². The predicted molar refractivity (Wildman–Crippen MR) is 290 cm³/mol. The van der Waals surface area contributed by atoms with E-state index in [0.29, 0.717) is 0 Å². The monoisotopic (exact) mass is 880 g/mol. The van der Waals surface area contributed by atoms with Gasteiger partial charge in [0.25, 0.3) is 0 Å². The summed E-state index contributed by atoms with van der Waals surface area (Å²) in [6.45, 7) is 11.7. The fraction of sp³-hybridized carbons (Fsp3) is 0.121. The molecular formula is C66H49BN2. The topological polar surface area (TPSA) is 6.48 Å². The lowest BCUT2D eigenvalue weighted by Gasteiger charge is -2.52. The fourth-order valence-corrected chi connectivity index (χ4v) is 13.8. The molecule has 0 saturated carbocycles. The van der Waals surface area contributed by atoms with E-state index in [4.69, 9.17) is 0 Å². The quantitative estimate of drug-likeness (QED) is 0.160. The Morgan fingerprint density at radius 1 is 0.420 bits per heavy atom. The maximum absolute atomic E-state index is 2.79. The van der Waals surface area contributed by atoms with Crippen molar-refractivity contribution in [2.45, 2.75) is 50.9 Å². The molecular weight excluding hydrogens is 832 g/mol. The zero-order valence-electron chi connectivity index (χ0n) is 39.6. The third kappa shape index (κ3) is 4.88. The Hall–Kier alpha value is -7.88. The summed E-state index contributed by atoms with van der Waals surface area (Å²) in [5.74, 6) is 0. The van der Waals surface area contributed by atoms with Crippen LogP contribution in [0.3, 0.4) is 0 Å². The van der Waals surface area contributed by atoms with Gasteiger partial charge >= 0.3 is 6.85 Å². The van der Waals surface area contributed by atoms with Crippen molar-refractivity contribution in [3.8, 4) is 44.5 Å². The number of hydrogen-bond donors (Lipinski definition) is 0. The summed E-state index contributed by atoms with van der Waals surface area (Å²) < 4.78 is 0. The minimum absolute atomic E-state index is 0.0357. The highest BCUT2D eigenvalue weighted by atomic mass is 15.2. The van der Waals surface area contributed by atoms with Crippen LogP contribution in [0.2, 0.25) is 0 Å². The first-order valence-electron chi connectivity index (χ1n) is 24.7. The minimum atomic E-state index is -0.513. The van der Waals surface area contributed by atoms with E-state index in [0.717, 1.165) is 0 Å². The SMILES string of the molecule is CC(C)(C)c1ccc(N2c3cc4c(cc3B3c5c2cc2ccccc2c5-c2cccc5c2N3c2ccccc2C52c3ccccc3-c3ccccc32)C(C)(C)c2ccccc2-4)c(-c2ccccc2)c1. The van der Waals surface area contributed by atoms with Gasteiger partial charge in [0.15, 0.2) is 0 Å². The van der Waals surface area contributed by atoms with E-state index in [-0.39, 0.29) is 17.7 Å². The first-order chi connectivity index (χ1) is 33.7. The van der Waals surface area contributed by atoms with Gasteiger partial charge in [-0.05, 0) is 130 Å². The lowest BCUT2D eigenvalue weighted by molar-refractivity contribution is 0.590. The van der Waals surface area contributed by atoms with Crippen molar-refractivity contribution in [2.75, 3.05) is 9.71 Å². The van der Waals surface area contributed by atoms with E-state index in [1.54, 1.807) is 0 Å². The Labute approximate surface area is 405 Å². The van der Waals surface area contributed by atoms with Crippen LogP contribution in [0.15, 0.2) is 206 Å². The first-order valence-corrected chi connectivity index (χ1v) is 24.7. The Morgan fingerprint density at radius 3 is 1.77 bits per heavy atom. The van der Waals surface area contributed by atoms with Gasteiger partial charge in [0.2, 0.25) is 0 Å². The molecule has 3 heteroatoms. The van der Waals surface area contributed by atoms with Crippen molar-refractivity contribution in [1.82, 2.24) is 0 Å². The van der Waals surface area contributed by atoms with Gasteiger partial charge in [0, 0.05) is 39.3 Å². The van der Waals surface area contributed by atoms with Crippen molar-refractivity contribution in [1.29, 1.82) is 0 Å². The molecule has 0 amide bonds. The van der Waals surface area contributed by atoms with Crippen LogP contribution in [-0.4, -0.2) is 6.85 Å². The summed E-state index contributed by atoms with van der Waals surface area (Å²) in [6, 6.07) is 79.4. The Kier molecular flexibility index (Phi) is 7.62. The summed E-state index contributed by atoms with van der Waals surface area (Å²) in [6.07, 6.45) is 0. The van der Waals surface area contributed by atoms with E-state index < -0.39 is 5.41 Å². The molecule has 2 nitrogen and oxygen atoms in total. The summed E-state index contributed by atoms with van der Waals surface area (Å²) >= 11 is 0. The second kappa shape index (κ2) is 13.4. The molecule has 0 fully saturated rings. The Balaban J connectivity index is 1.12. The number of rotatable bonds is 2. The van der Waals surface area contributed by atoms with Crippen molar-refractivity contribution in [3.05, 3.63) is 245 Å². The average molecular weight is 881 g/mol. The predicted octanol–water partition coefficient (Wildman–Crippen LogP) is 15.5. The van der Waals surface area contributed by atoms with E-state index in [9.17, 15) is 0 Å². The number of benzene rings is 10. The average Bonchev–Trinajstić information content (AvgIpc) is 3.80. The minimum Gasteiger partial charge on any atom is -0.376 e. The third-order valence-electron chi connectivity index (χ3n) is 16.8. The van der Waals surface area contributed by atoms with E-state index in [2.05, 4.69) is 251 Å². The molecule has 15 rings (SSSR count). The molecule has 10 aromatic rings. The largest absolute Gasteiger partial charge is 0.376 e. The van der Waals surface area contributed by atoms with Crippen molar-refractivity contribution in [3.63, 3.8) is 0 Å². The standard InChI is InChI=1S/C66H49BN2/c1-64(2,3)42-34-35-57(48(37-42)40-20-7-6-8-21-40)68-59-38-49-46-26-11-14-28-50(46)65(4,5)55(49)39-56(59)67-62-60(68)36-41-22-9-10-23-43(41)61(62)47-27-19-32-54-63(47)69(67)58-33-18-17-31-53(58)66(54)51-29-15-12-24-44(51)45-25-13-16-30-52(45)66/h6-39H,1-5H3. The fourth-order valence-electron chi connectivity index (χ4n) is 13.8. The van der Waals surface area contributed by atoms with Crippen molar-refractivity contribution < 1.29 is 0 Å². The summed E-state index contributed by atoms with van der Waals surface area (Å²) in [5, 5.41) is 2.53. The first kappa shape index (κ1) is 39.2. The molecule has 5 aliphatic rings. The lowest BCUT2D eigenvalue weighted by atomic mass is 9.41. The van der Waals surface area contributed by atoms with E-state index in [1.165, 1.54) is 134 Å². The van der Waals surface area contributed by atoms with Crippen LogP contribution in [0.5, 0.6) is 0 Å². The number of anilines is 5. The van der Waals surface area contributed by atoms with Gasteiger partial charge in [-0.15, -0.1) is 0 Å². The second-order valence-corrected chi connectivity index (χ2v) is 21.5. The van der Waals surface area contributed by atoms with Gasteiger partial charge in [-0.3, -0.25) is 0 Å². The number of hydrogen-bond acceptors (Lipinski definition) is 2. The van der Waals surface area contributed by atoms with Crippen LogP contribution in [0.1, 0.15) is 73.6 Å². The molecule has 0 radical (unpaired) electrons. The highest BCUT2D eigenvalue weighted by molar-refractivity contribution is 6.94. The maximum Gasteiger partial charge on any atom is 0.333 e. The third-order valence-corrected chi connectivity index (χ3v) is 16.8. The number of fused-ring (bicyclic) bond motifs is 18. The van der Waals surface area contributed by atoms with Crippen LogP contribution >= 0.6 is 0 Å². The van der Waals surface area contributed by atoms with Gasteiger partial charge < -0.3 is 9.71 Å². The van der Waals surface area contributed by atoms with Gasteiger partial charge in [-0.1, -0.05) is 211 Å². The van der Waals surface area contributed by atoms with Gasteiger partial charge in [0.05, 0.1) is 11.1 Å². The second-order valence-electron chi connectivity index (χ2n) is 21.5. The maximum atomic E-state index is 2.79. The molecule has 10 aromatic carbocycles. The smallest absolute Gasteiger partial charge is 0.333 e. The van der Waals surface area contributed by atoms with Crippen molar-refractivity contribution in [2.24, 2.45) is 0 Å². The zero-order chi connectivity index (χ0) is 46.1. The zero-order valence-corrected chi connectivity index (χ0v) is 39.6. The van der Waals surface area contributed by atoms with E-state index >= 15 is 0 Å². The van der Waals surface area contributed by atoms with Crippen LogP contribution in [0.4, 0.5) is 28.4 Å². The molecule has 3 aliphatic heterocycles. The lowest BCUT2D eigenvalue weighted by Crippen LogP contribution is -2.63. The highest BCUT2D eigenvalue weighted by Crippen LogP contribution is 2.65. The summed E-state index contributed by atoms with van der Waals surface area (Å²) in [5.41, 5.74) is 28.0. The molecule has 3 heterocycles. The van der Waals surface area contributed by atoms with Crippen molar-refractivity contribution >= 4 is 57.0 Å². The highest BCUT2D eigenvalue weighted by Gasteiger charge is 2.57. The normalized spacial score (nSPS) is 15.5. The van der Waals surface area contributed by atoms with Gasteiger partial charge in [-0.25, -0.2) is 0 Å². The molecule has 0 N–H and O–H groups in total. The van der Waals surface area contributed by atoms with Crippen LogP contribution < -0.4 is 20.6 Å². The van der Waals surface area contributed by atoms with Crippen LogP contribution in [0.25, 0.3) is 55.3 Å². The Bertz CT molecular complexity index is 3840. The molecule has 0 unspecified atom stereocenters. The summed E-state index contributed by atoms with van der Waals surface area (Å²) in [4.78, 5) is 5.45. The molecule has 69 heavy (non-hydrogen) atoms. The molecule has 2 aliphatic carbocycles. The number of nitrogens with zero attached hydrogens (tertiary/aromatic N) is 2. The van der Waals surface area contributed by atoms with Gasteiger partial charge in [-0.2, -0.15) is 0 Å². The molecule has 0 atom stereocenters. The number of para-hydroxylation sites is 2. The molecule has 1 spiro atoms. The van der Waals surface area contributed by atoms with E-state index in [1.807, 2.05) is 0 Å². The molecule has 0 saturated heterocycles.